The van der Waals surface area contributed by atoms with E-state index in [4.69, 9.17) is 0 Å². The summed E-state index contributed by atoms with van der Waals surface area (Å²) >= 11 is 0. The minimum absolute atomic E-state index is 0.0999. The molecule has 1 saturated heterocycles. The van der Waals surface area contributed by atoms with Gasteiger partial charge < -0.3 is 0 Å². The third-order valence-electron chi connectivity index (χ3n) is 5.40. The SMILES string of the molecule is Cc1ccc(C)c2c1CCC[C@H]2N1CCC(NS(C)(=O)=O)CC1. The Balaban J connectivity index is 1.75. The van der Waals surface area contributed by atoms with Gasteiger partial charge in [-0.05, 0) is 68.2 Å². The van der Waals surface area contributed by atoms with Crippen LogP contribution in [0.2, 0.25) is 0 Å². The van der Waals surface area contributed by atoms with Crippen LogP contribution >= 0.6 is 0 Å². The lowest BCUT2D eigenvalue weighted by Gasteiger charge is -2.41. The van der Waals surface area contributed by atoms with E-state index in [1.54, 1.807) is 11.1 Å². The monoisotopic (exact) mass is 336 g/mol. The molecular weight excluding hydrogens is 308 g/mol. The van der Waals surface area contributed by atoms with E-state index in [9.17, 15) is 8.42 Å². The van der Waals surface area contributed by atoms with Crippen LogP contribution in [0, 0.1) is 13.8 Å². The second-order valence-electron chi connectivity index (χ2n) is 7.20. The van der Waals surface area contributed by atoms with Crippen LogP contribution in [0.25, 0.3) is 0 Å². The normalized spacial score (nSPS) is 23.7. The Hall–Kier alpha value is -0.910. The predicted octanol–water partition coefficient (Wildman–Crippen LogP) is 2.69. The molecule has 0 saturated carbocycles. The quantitative estimate of drug-likeness (QED) is 0.923. The first kappa shape index (κ1) is 16.9. The molecule has 23 heavy (non-hydrogen) atoms. The van der Waals surface area contributed by atoms with E-state index in [1.165, 1.54) is 36.6 Å². The number of hydrogen-bond donors (Lipinski definition) is 1. The molecule has 1 aromatic carbocycles. The molecule has 0 aromatic heterocycles. The number of piperidine rings is 1. The highest BCUT2D eigenvalue weighted by molar-refractivity contribution is 7.88. The van der Waals surface area contributed by atoms with Gasteiger partial charge in [0, 0.05) is 25.2 Å². The topological polar surface area (TPSA) is 49.4 Å². The van der Waals surface area contributed by atoms with Gasteiger partial charge >= 0.3 is 0 Å². The first-order valence-corrected chi connectivity index (χ1v) is 10.5. The number of rotatable bonds is 3. The molecule has 1 heterocycles. The lowest BCUT2D eigenvalue weighted by Crippen LogP contribution is -2.46. The van der Waals surface area contributed by atoms with Crippen LogP contribution in [0.1, 0.15) is 54.0 Å². The molecule has 4 nitrogen and oxygen atoms in total. The van der Waals surface area contributed by atoms with Crippen molar-refractivity contribution in [1.82, 2.24) is 9.62 Å². The Morgan fingerprint density at radius 2 is 1.74 bits per heavy atom. The Morgan fingerprint density at radius 1 is 1.09 bits per heavy atom. The molecule has 1 atom stereocenters. The van der Waals surface area contributed by atoms with Crippen LogP contribution in [0.4, 0.5) is 0 Å². The predicted molar refractivity (Wildman–Crippen MR) is 94.2 cm³/mol. The summed E-state index contributed by atoms with van der Waals surface area (Å²) in [5, 5.41) is 0. The Labute approximate surface area is 140 Å². The van der Waals surface area contributed by atoms with Crippen LogP contribution < -0.4 is 4.72 Å². The summed E-state index contributed by atoms with van der Waals surface area (Å²) in [5.41, 5.74) is 5.93. The van der Waals surface area contributed by atoms with Crippen LogP contribution in [0.15, 0.2) is 12.1 Å². The fourth-order valence-electron chi connectivity index (χ4n) is 4.30. The van der Waals surface area contributed by atoms with Gasteiger partial charge in [-0.2, -0.15) is 0 Å². The summed E-state index contributed by atoms with van der Waals surface area (Å²) in [6.07, 6.45) is 6.74. The van der Waals surface area contributed by atoms with Crippen molar-refractivity contribution in [2.24, 2.45) is 0 Å². The van der Waals surface area contributed by atoms with Crippen molar-refractivity contribution in [3.8, 4) is 0 Å². The van der Waals surface area contributed by atoms with Crippen molar-refractivity contribution < 1.29 is 8.42 Å². The standard InChI is InChI=1S/C18H28N2O2S/c1-13-7-8-14(2)18-16(13)5-4-6-17(18)20-11-9-15(10-12-20)19-23(3,21)22/h7-8,15,17,19H,4-6,9-12H2,1-3H3/t17-/m1/s1. The number of sulfonamides is 1. The lowest BCUT2D eigenvalue weighted by molar-refractivity contribution is 0.135. The summed E-state index contributed by atoms with van der Waals surface area (Å²) in [6.45, 7) is 6.41. The van der Waals surface area contributed by atoms with E-state index < -0.39 is 10.0 Å². The molecule has 2 aliphatic rings. The maximum Gasteiger partial charge on any atom is 0.208 e. The molecular formula is C18H28N2O2S. The van der Waals surface area contributed by atoms with E-state index in [0.29, 0.717) is 6.04 Å². The number of aryl methyl sites for hydroxylation is 2. The molecule has 1 N–H and O–H groups in total. The van der Waals surface area contributed by atoms with Crippen LogP contribution in [0.5, 0.6) is 0 Å². The number of fused-ring (bicyclic) bond motifs is 1. The average molecular weight is 337 g/mol. The maximum atomic E-state index is 11.4. The highest BCUT2D eigenvalue weighted by Crippen LogP contribution is 2.39. The van der Waals surface area contributed by atoms with E-state index in [-0.39, 0.29) is 6.04 Å². The summed E-state index contributed by atoms with van der Waals surface area (Å²) in [6, 6.07) is 5.12. The van der Waals surface area contributed by atoms with E-state index >= 15 is 0 Å². The summed E-state index contributed by atoms with van der Waals surface area (Å²) < 4.78 is 25.6. The van der Waals surface area contributed by atoms with E-state index in [0.717, 1.165) is 25.9 Å². The molecule has 1 fully saturated rings. The van der Waals surface area contributed by atoms with Gasteiger partial charge in [0.05, 0.1) is 6.26 Å². The van der Waals surface area contributed by atoms with E-state index in [2.05, 4.69) is 35.6 Å². The highest BCUT2D eigenvalue weighted by atomic mass is 32.2. The number of nitrogens with one attached hydrogen (secondary N) is 1. The number of benzene rings is 1. The molecule has 3 rings (SSSR count). The molecule has 1 aromatic rings. The third-order valence-corrected chi connectivity index (χ3v) is 6.16. The van der Waals surface area contributed by atoms with Gasteiger partial charge in [0.25, 0.3) is 0 Å². The van der Waals surface area contributed by atoms with Gasteiger partial charge in [-0.15, -0.1) is 0 Å². The van der Waals surface area contributed by atoms with Crippen molar-refractivity contribution >= 4 is 10.0 Å². The van der Waals surface area contributed by atoms with E-state index in [1.807, 2.05) is 0 Å². The third kappa shape index (κ3) is 3.78. The molecule has 0 bridgehead atoms. The van der Waals surface area contributed by atoms with Crippen LogP contribution in [-0.2, 0) is 16.4 Å². The van der Waals surface area contributed by atoms with Gasteiger partial charge in [0.15, 0.2) is 0 Å². The Bertz CT molecular complexity index is 677. The molecule has 0 amide bonds. The summed E-state index contributed by atoms with van der Waals surface area (Å²) in [7, 11) is -3.10. The molecule has 0 unspecified atom stereocenters. The fourth-order valence-corrected chi connectivity index (χ4v) is 5.14. The molecule has 0 radical (unpaired) electrons. The molecule has 128 valence electrons. The summed E-state index contributed by atoms with van der Waals surface area (Å²) in [4.78, 5) is 2.57. The largest absolute Gasteiger partial charge is 0.296 e. The Kier molecular flexibility index (Phi) is 4.81. The zero-order chi connectivity index (χ0) is 16.6. The van der Waals surface area contributed by atoms with Gasteiger partial charge in [-0.3, -0.25) is 4.90 Å². The van der Waals surface area contributed by atoms with Gasteiger partial charge in [-0.1, -0.05) is 12.1 Å². The smallest absolute Gasteiger partial charge is 0.208 e. The maximum absolute atomic E-state index is 11.4. The van der Waals surface area contributed by atoms with Crippen molar-refractivity contribution in [2.75, 3.05) is 19.3 Å². The number of likely N-dealkylation sites (tertiary alicyclic amines) is 1. The minimum atomic E-state index is -3.10. The van der Waals surface area contributed by atoms with Crippen molar-refractivity contribution in [3.63, 3.8) is 0 Å². The zero-order valence-corrected chi connectivity index (χ0v) is 15.2. The second kappa shape index (κ2) is 6.54. The molecule has 0 spiro atoms. The van der Waals surface area contributed by atoms with Gasteiger partial charge in [-0.25, -0.2) is 13.1 Å². The molecule has 1 aliphatic heterocycles. The highest BCUT2D eigenvalue weighted by Gasteiger charge is 2.31. The van der Waals surface area contributed by atoms with Crippen LogP contribution in [0.3, 0.4) is 0 Å². The van der Waals surface area contributed by atoms with Crippen molar-refractivity contribution in [1.29, 1.82) is 0 Å². The van der Waals surface area contributed by atoms with Gasteiger partial charge in [0.1, 0.15) is 0 Å². The molecule has 1 aliphatic carbocycles. The lowest BCUT2D eigenvalue weighted by atomic mass is 9.81. The minimum Gasteiger partial charge on any atom is -0.296 e. The number of nitrogens with zero attached hydrogens (tertiary/aromatic N) is 1. The van der Waals surface area contributed by atoms with Gasteiger partial charge in [0.2, 0.25) is 10.0 Å². The zero-order valence-electron chi connectivity index (χ0n) is 14.4. The van der Waals surface area contributed by atoms with Crippen LogP contribution in [-0.4, -0.2) is 38.7 Å². The average Bonchev–Trinajstić information content (AvgIpc) is 2.50. The summed E-state index contributed by atoms with van der Waals surface area (Å²) in [5.74, 6) is 0. The van der Waals surface area contributed by atoms with Crippen molar-refractivity contribution in [3.05, 3.63) is 34.4 Å². The number of hydrogen-bond acceptors (Lipinski definition) is 3. The second-order valence-corrected chi connectivity index (χ2v) is 8.98. The first-order valence-electron chi connectivity index (χ1n) is 8.65. The fraction of sp³-hybridized carbons (Fsp3) is 0.667. The van der Waals surface area contributed by atoms with Crippen molar-refractivity contribution in [2.45, 2.75) is 58.0 Å². The molecule has 5 heteroatoms. The Morgan fingerprint density at radius 3 is 2.39 bits per heavy atom. The first-order chi connectivity index (χ1) is 10.8.